The van der Waals surface area contributed by atoms with Gasteiger partial charge in [0.1, 0.15) is 0 Å². The predicted molar refractivity (Wildman–Crippen MR) is 38.3 cm³/mol. The third-order valence-electron chi connectivity index (χ3n) is 1.09. The van der Waals surface area contributed by atoms with Crippen LogP contribution in [0.25, 0.3) is 0 Å². The Labute approximate surface area is 52.6 Å². The molecule has 46 valence electrons. The van der Waals surface area contributed by atoms with Gasteiger partial charge >= 0.3 is 0 Å². The Morgan fingerprint density at radius 3 is 2.50 bits per heavy atom. The second kappa shape index (κ2) is 4.89. The lowest BCUT2D eigenvalue weighted by Gasteiger charge is -1.96. The first kappa shape index (κ1) is 7.74. The molecule has 2 radical (unpaired) electrons. The van der Waals surface area contributed by atoms with Gasteiger partial charge in [-0.1, -0.05) is 26.0 Å². The molecule has 1 atom stereocenters. The maximum absolute atomic E-state index is 3.77. The van der Waals surface area contributed by atoms with Crippen LogP contribution >= 0.6 is 0 Å². The van der Waals surface area contributed by atoms with Gasteiger partial charge in [0.25, 0.3) is 0 Å². The summed E-state index contributed by atoms with van der Waals surface area (Å²) in [6, 6.07) is 0. The summed E-state index contributed by atoms with van der Waals surface area (Å²) in [5.41, 5.74) is 0. The van der Waals surface area contributed by atoms with Gasteiger partial charge in [-0.2, -0.15) is 0 Å². The minimum absolute atomic E-state index is 0.622. The van der Waals surface area contributed by atoms with E-state index in [1.165, 1.54) is 0 Å². The Hall–Kier alpha value is -0.260. The van der Waals surface area contributed by atoms with Gasteiger partial charge in [-0.3, -0.25) is 0 Å². The van der Waals surface area contributed by atoms with Crippen molar-refractivity contribution in [2.45, 2.75) is 19.8 Å². The van der Waals surface area contributed by atoms with Crippen molar-refractivity contribution in [3.8, 4) is 0 Å². The van der Waals surface area contributed by atoms with Crippen LogP contribution in [0.2, 0.25) is 0 Å². The molecule has 0 aliphatic carbocycles. The van der Waals surface area contributed by atoms with Gasteiger partial charge in [0.2, 0.25) is 0 Å². The molecule has 0 aliphatic heterocycles. The molecule has 1 unspecified atom stereocenters. The minimum atomic E-state index is 0.622. The van der Waals surface area contributed by atoms with Gasteiger partial charge in [-0.05, 0) is 25.7 Å². The van der Waals surface area contributed by atoms with Crippen LogP contribution in [-0.2, 0) is 0 Å². The highest BCUT2D eigenvalue weighted by Crippen LogP contribution is 2.01. The number of hydrogen-bond donors (Lipinski definition) is 0. The molecule has 0 rings (SSSR count). The van der Waals surface area contributed by atoms with Crippen molar-refractivity contribution in [2.24, 2.45) is 5.92 Å². The van der Waals surface area contributed by atoms with E-state index in [1.807, 2.05) is 0 Å². The summed E-state index contributed by atoms with van der Waals surface area (Å²) in [6.07, 6.45) is 6.11. The fraction of sp³-hybridized carbons (Fsp3) is 0.500. The van der Waals surface area contributed by atoms with Crippen molar-refractivity contribution < 1.29 is 0 Å². The van der Waals surface area contributed by atoms with E-state index in [9.17, 15) is 0 Å². The highest BCUT2D eigenvalue weighted by Gasteiger charge is 1.87. The second-order valence-corrected chi connectivity index (χ2v) is 1.98. The highest BCUT2D eigenvalue weighted by molar-refractivity contribution is 4.86. The Morgan fingerprint density at radius 1 is 1.50 bits per heavy atom. The first-order valence-corrected chi connectivity index (χ1v) is 3.06. The zero-order valence-electron chi connectivity index (χ0n) is 5.56. The van der Waals surface area contributed by atoms with Gasteiger partial charge < -0.3 is 0 Å². The molecule has 0 saturated heterocycles. The molecule has 0 aromatic heterocycles. The molecule has 0 N–H and O–H groups in total. The molecule has 0 amide bonds. The first-order chi connectivity index (χ1) is 3.81. The third kappa shape index (κ3) is 3.91. The van der Waals surface area contributed by atoms with E-state index in [0.717, 1.165) is 12.8 Å². The van der Waals surface area contributed by atoms with Crippen molar-refractivity contribution in [3.05, 3.63) is 26.0 Å². The average Bonchev–Trinajstić information content (AvgIpc) is 1.83. The molecular weight excluding hydrogens is 96.1 g/mol. The summed E-state index contributed by atoms with van der Waals surface area (Å²) in [4.78, 5) is 0. The van der Waals surface area contributed by atoms with Gasteiger partial charge in [0.15, 0.2) is 0 Å². The van der Waals surface area contributed by atoms with Crippen molar-refractivity contribution in [1.29, 1.82) is 0 Å². The fourth-order valence-electron chi connectivity index (χ4n) is 0.425. The fourth-order valence-corrected chi connectivity index (χ4v) is 0.425. The normalized spacial score (nSPS) is 14.9. The minimum Gasteiger partial charge on any atom is -0.0883 e. The van der Waals surface area contributed by atoms with Gasteiger partial charge in [-0.25, -0.2) is 0 Å². The summed E-state index contributed by atoms with van der Waals surface area (Å²) in [6.45, 7) is 9.60. The number of hydrogen-bond acceptors (Lipinski definition) is 0. The van der Waals surface area contributed by atoms with Gasteiger partial charge in [0.05, 0.1) is 0 Å². The van der Waals surface area contributed by atoms with Crippen LogP contribution < -0.4 is 0 Å². The molecule has 0 bridgehead atoms. The molecule has 0 spiro atoms. The largest absolute Gasteiger partial charge is 0.0883 e. The summed E-state index contributed by atoms with van der Waals surface area (Å²) in [7, 11) is 0. The Morgan fingerprint density at radius 2 is 2.12 bits per heavy atom. The molecule has 0 heteroatoms. The second-order valence-electron chi connectivity index (χ2n) is 1.98. The molecule has 0 aliphatic rings. The molecule has 0 aromatic carbocycles. The van der Waals surface area contributed by atoms with Crippen LogP contribution in [0.3, 0.4) is 0 Å². The maximum atomic E-state index is 3.77. The summed E-state index contributed by atoms with van der Waals surface area (Å²) in [5.74, 6) is 0.622. The topological polar surface area (TPSA) is 0 Å². The van der Waals surface area contributed by atoms with Crippen molar-refractivity contribution >= 4 is 0 Å². The molecule has 0 heterocycles. The molecular formula is C8H14. The smallest absolute Gasteiger partial charge is 0.0262 e. The average molecular weight is 110 g/mol. The molecule has 0 fully saturated rings. The van der Waals surface area contributed by atoms with Crippen LogP contribution in [-0.4, -0.2) is 0 Å². The van der Waals surface area contributed by atoms with E-state index in [1.54, 1.807) is 0 Å². The summed E-state index contributed by atoms with van der Waals surface area (Å²) in [5, 5.41) is 0. The van der Waals surface area contributed by atoms with E-state index >= 15 is 0 Å². The summed E-state index contributed by atoms with van der Waals surface area (Å²) < 4.78 is 0. The first-order valence-electron chi connectivity index (χ1n) is 3.06. The van der Waals surface area contributed by atoms with E-state index in [2.05, 4.69) is 32.9 Å². The van der Waals surface area contributed by atoms with Crippen LogP contribution in [0.5, 0.6) is 0 Å². The monoisotopic (exact) mass is 110 g/mol. The van der Waals surface area contributed by atoms with Gasteiger partial charge in [-0.15, -0.1) is 0 Å². The SMILES string of the molecule is [CH2]C/C=C/C(C)C[CH2]. The highest BCUT2D eigenvalue weighted by atomic mass is 13.9. The van der Waals surface area contributed by atoms with Crippen LogP contribution in [0.15, 0.2) is 12.2 Å². The summed E-state index contributed by atoms with van der Waals surface area (Å²) >= 11 is 0. The Kier molecular flexibility index (Phi) is 4.73. The molecule has 0 saturated carbocycles. The molecule has 0 nitrogen and oxygen atoms in total. The van der Waals surface area contributed by atoms with E-state index < -0.39 is 0 Å². The molecule has 0 aromatic rings. The third-order valence-corrected chi connectivity index (χ3v) is 1.09. The quantitative estimate of drug-likeness (QED) is 0.490. The predicted octanol–water partition coefficient (Wildman–Crippen LogP) is 2.63. The maximum Gasteiger partial charge on any atom is -0.0262 e. The van der Waals surface area contributed by atoms with Crippen molar-refractivity contribution in [2.75, 3.05) is 0 Å². The molecule has 8 heavy (non-hydrogen) atoms. The van der Waals surface area contributed by atoms with Crippen molar-refractivity contribution in [3.63, 3.8) is 0 Å². The number of allylic oxidation sites excluding steroid dienone is 2. The van der Waals surface area contributed by atoms with E-state index in [4.69, 9.17) is 0 Å². The lowest BCUT2D eigenvalue weighted by molar-refractivity contribution is 0.739. The standard InChI is InChI=1S/C8H14/c1-4-6-7-8(3)5-2/h6-8H,1-2,4-5H2,3H3/b7-6+. The van der Waals surface area contributed by atoms with Gasteiger partial charge in [0, 0.05) is 0 Å². The lowest BCUT2D eigenvalue weighted by Crippen LogP contribution is -1.83. The van der Waals surface area contributed by atoms with Crippen LogP contribution in [0, 0.1) is 19.8 Å². The zero-order valence-corrected chi connectivity index (χ0v) is 5.56. The van der Waals surface area contributed by atoms with Crippen LogP contribution in [0.1, 0.15) is 19.8 Å². The number of rotatable bonds is 3. The van der Waals surface area contributed by atoms with Crippen molar-refractivity contribution in [1.82, 2.24) is 0 Å². The Bertz CT molecular complexity index is 62.4. The van der Waals surface area contributed by atoms with E-state index in [0.29, 0.717) is 5.92 Å². The van der Waals surface area contributed by atoms with Crippen LogP contribution in [0.4, 0.5) is 0 Å². The zero-order chi connectivity index (χ0) is 6.41. The Balaban J connectivity index is 3.21. The lowest BCUT2D eigenvalue weighted by atomic mass is 10.1. The van der Waals surface area contributed by atoms with E-state index in [-0.39, 0.29) is 0 Å².